The first-order valence-electron chi connectivity index (χ1n) is 5.62. The van der Waals surface area contributed by atoms with Crippen LogP contribution in [0.3, 0.4) is 0 Å². The Bertz CT molecular complexity index is 624. The van der Waals surface area contributed by atoms with Gasteiger partial charge in [-0.15, -0.1) is 11.3 Å². The van der Waals surface area contributed by atoms with Crippen molar-refractivity contribution < 1.29 is 0 Å². The lowest BCUT2D eigenvalue weighted by Crippen LogP contribution is -1.89. The van der Waals surface area contributed by atoms with Crippen molar-refractivity contribution in [2.24, 2.45) is 0 Å². The van der Waals surface area contributed by atoms with Gasteiger partial charge in [-0.05, 0) is 29.1 Å². The van der Waals surface area contributed by atoms with Crippen molar-refractivity contribution in [3.63, 3.8) is 0 Å². The molecule has 0 aliphatic rings. The first-order valence-corrected chi connectivity index (χ1v) is 7.45. The summed E-state index contributed by atoms with van der Waals surface area (Å²) in [6.07, 6.45) is 0.870. The maximum atomic E-state index is 5.68. The summed E-state index contributed by atoms with van der Waals surface area (Å²) in [4.78, 5) is 4.66. The van der Waals surface area contributed by atoms with Crippen LogP contribution in [0.4, 0.5) is 5.69 Å². The SMILES string of the molecule is Nc1ccc(Cc2nc(-c3ccsc3)cs2)cc1. The molecule has 0 bridgehead atoms. The number of thiophene rings is 1. The van der Waals surface area contributed by atoms with Gasteiger partial charge in [-0.1, -0.05) is 12.1 Å². The third-order valence-corrected chi connectivity index (χ3v) is 4.24. The van der Waals surface area contributed by atoms with Crippen molar-refractivity contribution in [1.29, 1.82) is 0 Å². The number of hydrogen-bond donors (Lipinski definition) is 1. The zero-order chi connectivity index (χ0) is 12.4. The fourth-order valence-corrected chi connectivity index (χ4v) is 3.23. The van der Waals surface area contributed by atoms with Crippen molar-refractivity contribution in [3.8, 4) is 11.3 Å². The third kappa shape index (κ3) is 2.44. The molecule has 0 unspecified atom stereocenters. The molecule has 0 fully saturated rings. The van der Waals surface area contributed by atoms with Crippen LogP contribution in [0, 0.1) is 0 Å². The molecule has 2 nitrogen and oxygen atoms in total. The van der Waals surface area contributed by atoms with Crippen molar-refractivity contribution in [1.82, 2.24) is 4.98 Å². The summed E-state index contributed by atoms with van der Waals surface area (Å²) < 4.78 is 0. The van der Waals surface area contributed by atoms with E-state index in [1.807, 2.05) is 12.1 Å². The number of benzene rings is 1. The molecule has 2 heterocycles. The quantitative estimate of drug-likeness (QED) is 0.731. The van der Waals surface area contributed by atoms with Crippen LogP contribution in [-0.2, 0) is 6.42 Å². The Balaban J connectivity index is 1.80. The number of hydrogen-bond acceptors (Lipinski definition) is 4. The normalized spacial score (nSPS) is 10.7. The zero-order valence-electron chi connectivity index (χ0n) is 9.67. The lowest BCUT2D eigenvalue weighted by molar-refractivity contribution is 1.14. The van der Waals surface area contributed by atoms with E-state index in [-0.39, 0.29) is 0 Å². The molecule has 2 aromatic heterocycles. The van der Waals surface area contributed by atoms with E-state index in [2.05, 4.69) is 39.3 Å². The molecule has 4 heteroatoms. The molecule has 3 rings (SSSR count). The Kier molecular flexibility index (Phi) is 3.13. The Morgan fingerprint density at radius 1 is 1.06 bits per heavy atom. The molecule has 0 spiro atoms. The second kappa shape index (κ2) is 4.92. The van der Waals surface area contributed by atoms with Gasteiger partial charge >= 0.3 is 0 Å². The molecule has 2 N–H and O–H groups in total. The molecule has 0 aliphatic carbocycles. The summed E-state index contributed by atoms with van der Waals surface area (Å²) in [6, 6.07) is 10.1. The fraction of sp³-hybridized carbons (Fsp3) is 0.0714. The van der Waals surface area contributed by atoms with E-state index in [1.54, 1.807) is 22.7 Å². The van der Waals surface area contributed by atoms with Crippen molar-refractivity contribution in [2.45, 2.75) is 6.42 Å². The van der Waals surface area contributed by atoms with Crippen LogP contribution < -0.4 is 5.73 Å². The van der Waals surface area contributed by atoms with Crippen LogP contribution in [0.5, 0.6) is 0 Å². The van der Waals surface area contributed by atoms with Gasteiger partial charge < -0.3 is 5.73 Å². The lowest BCUT2D eigenvalue weighted by atomic mass is 10.1. The Labute approximate surface area is 114 Å². The van der Waals surface area contributed by atoms with E-state index in [1.165, 1.54) is 11.1 Å². The molecule has 0 saturated heterocycles. The average molecular weight is 272 g/mol. The molecule has 1 aromatic carbocycles. The molecule has 0 saturated carbocycles. The number of anilines is 1. The molecular formula is C14H12N2S2. The number of nitrogens with zero attached hydrogens (tertiary/aromatic N) is 1. The van der Waals surface area contributed by atoms with Gasteiger partial charge in [0.25, 0.3) is 0 Å². The second-order valence-corrected chi connectivity index (χ2v) is 5.78. The largest absolute Gasteiger partial charge is 0.399 e. The van der Waals surface area contributed by atoms with Crippen LogP contribution in [0.15, 0.2) is 46.5 Å². The van der Waals surface area contributed by atoms with Gasteiger partial charge in [0, 0.05) is 28.4 Å². The fourth-order valence-electron chi connectivity index (χ4n) is 1.74. The van der Waals surface area contributed by atoms with Crippen molar-refractivity contribution >= 4 is 28.4 Å². The second-order valence-electron chi connectivity index (χ2n) is 4.06. The molecular weight excluding hydrogens is 260 g/mol. The molecule has 0 aliphatic heterocycles. The zero-order valence-corrected chi connectivity index (χ0v) is 11.3. The highest BCUT2D eigenvalue weighted by Gasteiger charge is 2.05. The van der Waals surface area contributed by atoms with Gasteiger partial charge in [0.2, 0.25) is 0 Å². The van der Waals surface area contributed by atoms with Gasteiger partial charge in [0.15, 0.2) is 0 Å². The lowest BCUT2D eigenvalue weighted by Gasteiger charge is -1.98. The number of nitrogens with two attached hydrogens (primary N) is 1. The van der Waals surface area contributed by atoms with Crippen molar-refractivity contribution in [2.75, 3.05) is 5.73 Å². The summed E-state index contributed by atoms with van der Waals surface area (Å²) in [5.74, 6) is 0. The number of nitrogen functional groups attached to an aromatic ring is 1. The highest BCUT2D eigenvalue weighted by molar-refractivity contribution is 7.10. The minimum Gasteiger partial charge on any atom is -0.399 e. The minimum absolute atomic E-state index is 0.803. The number of rotatable bonds is 3. The number of aromatic nitrogens is 1. The predicted octanol–water partition coefficient (Wildman–Crippen LogP) is 4.04. The van der Waals surface area contributed by atoms with Gasteiger partial charge in [-0.3, -0.25) is 0 Å². The van der Waals surface area contributed by atoms with Crippen LogP contribution in [0.25, 0.3) is 11.3 Å². The minimum atomic E-state index is 0.803. The topological polar surface area (TPSA) is 38.9 Å². The van der Waals surface area contributed by atoms with E-state index >= 15 is 0 Å². The Morgan fingerprint density at radius 3 is 2.61 bits per heavy atom. The van der Waals surface area contributed by atoms with E-state index < -0.39 is 0 Å². The van der Waals surface area contributed by atoms with E-state index in [0.717, 1.165) is 22.8 Å². The van der Waals surface area contributed by atoms with E-state index in [4.69, 9.17) is 5.73 Å². The monoisotopic (exact) mass is 272 g/mol. The van der Waals surface area contributed by atoms with Gasteiger partial charge in [0.05, 0.1) is 10.7 Å². The van der Waals surface area contributed by atoms with Crippen LogP contribution in [-0.4, -0.2) is 4.98 Å². The summed E-state index contributed by atoms with van der Waals surface area (Å²) in [5.41, 5.74) is 10.0. The molecule has 0 amide bonds. The van der Waals surface area contributed by atoms with E-state index in [9.17, 15) is 0 Å². The first-order chi connectivity index (χ1) is 8.81. The van der Waals surface area contributed by atoms with Crippen LogP contribution >= 0.6 is 22.7 Å². The molecule has 0 atom stereocenters. The molecule has 3 aromatic rings. The maximum Gasteiger partial charge on any atom is 0.0976 e. The Hall–Kier alpha value is -1.65. The van der Waals surface area contributed by atoms with Gasteiger partial charge in [-0.2, -0.15) is 11.3 Å². The standard InChI is InChI=1S/C14H12N2S2/c15-12-3-1-10(2-4-12)7-14-16-13(9-18-14)11-5-6-17-8-11/h1-6,8-9H,7,15H2. The molecule has 90 valence electrons. The van der Waals surface area contributed by atoms with Gasteiger partial charge in [-0.25, -0.2) is 4.98 Å². The van der Waals surface area contributed by atoms with Crippen LogP contribution in [0.2, 0.25) is 0 Å². The van der Waals surface area contributed by atoms with Crippen molar-refractivity contribution in [3.05, 3.63) is 57.0 Å². The molecule has 0 radical (unpaired) electrons. The summed E-state index contributed by atoms with van der Waals surface area (Å²) in [7, 11) is 0. The third-order valence-electron chi connectivity index (χ3n) is 2.70. The highest BCUT2D eigenvalue weighted by Crippen LogP contribution is 2.25. The summed E-state index contributed by atoms with van der Waals surface area (Å²) >= 11 is 3.41. The van der Waals surface area contributed by atoms with E-state index in [0.29, 0.717) is 0 Å². The summed E-state index contributed by atoms with van der Waals surface area (Å²) in [6.45, 7) is 0. The average Bonchev–Trinajstić information content (AvgIpc) is 3.02. The Morgan fingerprint density at radius 2 is 1.89 bits per heavy atom. The first kappa shape index (κ1) is 11.4. The maximum absolute atomic E-state index is 5.68. The highest BCUT2D eigenvalue weighted by atomic mass is 32.1. The molecule has 18 heavy (non-hydrogen) atoms. The van der Waals surface area contributed by atoms with Crippen LogP contribution in [0.1, 0.15) is 10.6 Å². The van der Waals surface area contributed by atoms with Gasteiger partial charge in [0.1, 0.15) is 0 Å². The smallest absolute Gasteiger partial charge is 0.0976 e. The predicted molar refractivity (Wildman–Crippen MR) is 79.1 cm³/mol. The summed E-state index contributed by atoms with van der Waals surface area (Å²) in [5, 5.41) is 7.46. The number of thiazole rings is 1.